The molecule has 2 nitrogen and oxygen atoms in total. The molecule has 1 N–H and O–H groups in total. The average molecular weight is 302 g/mol. The zero-order valence-corrected chi connectivity index (χ0v) is 12.4. The van der Waals surface area contributed by atoms with Crippen molar-refractivity contribution in [3.63, 3.8) is 0 Å². The number of benzene rings is 2. The molecule has 3 aromatic rings. The quantitative estimate of drug-likeness (QED) is 0.767. The van der Waals surface area contributed by atoms with Crippen molar-refractivity contribution in [3.8, 4) is 5.75 Å². The summed E-state index contributed by atoms with van der Waals surface area (Å²) >= 11 is 1.48. The molecule has 1 unspecified atom stereocenters. The molecule has 0 aliphatic heterocycles. The highest BCUT2D eigenvalue weighted by Gasteiger charge is 2.14. The highest BCUT2D eigenvalue weighted by atomic mass is 32.1. The van der Waals surface area contributed by atoms with Gasteiger partial charge in [0, 0.05) is 9.58 Å². The maximum Gasteiger partial charge on any atom is 0.123 e. The van der Waals surface area contributed by atoms with Gasteiger partial charge in [0.05, 0.1) is 6.61 Å². The molecule has 0 saturated heterocycles. The molecule has 108 valence electrons. The van der Waals surface area contributed by atoms with Crippen molar-refractivity contribution in [1.82, 2.24) is 0 Å². The van der Waals surface area contributed by atoms with E-state index in [0.29, 0.717) is 6.61 Å². The zero-order chi connectivity index (χ0) is 14.8. The second-order valence-electron chi connectivity index (χ2n) is 4.74. The third-order valence-corrected chi connectivity index (χ3v) is 4.44. The lowest BCUT2D eigenvalue weighted by Gasteiger charge is -2.10. The van der Waals surface area contributed by atoms with Gasteiger partial charge in [0.25, 0.3) is 0 Å². The fourth-order valence-electron chi connectivity index (χ4n) is 2.25. The average Bonchev–Trinajstić information content (AvgIpc) is 2.90. The van der Waals surface area contributed by atoms with E-state index in [1.54, 1.807) is 6.07 Å². The smallest absolute Gasteiger partial charge is 0.123 e. The Labute approximate surface area is 126 Å². The summed E-state index contributed by atoms with van der Waals surface area (Å²) in [5, 5.41) is 11.3. The van der Waals surface area contributed by atoms with Crippen molar-refractivity contribution in [2.75, 3.05) is 6.61 Å². The van der Waals surface area contributed by atoms with Gasteiger partial charge in [-0.15, -0.1) is 11.3 Å². The first kappa shape index (κ1) is 14.0. The fourth-order valence-corrected chi connectivity index (χ4v) is 3.31. The number of halogens is 1. The van der Waals surface area contributed by atoms with E-state index in [-0.39, 0.29) is 5.82 Å². The molecule has 0 radical (unpaired) electrons. The minimum atomic E-state index is -0.707. The van der Waals surface area contributed by atoms with Crippen LogP contribution in [0.3, 0.4) is 0 Å². The summed E-state index contributed by atoms with van der Waals surface area (Å²) < 4.78 is 19.6. The maximum absolute atomic E-state index is 13.2. The van der Waals surface area contributed by atoms with Gasteiger partial charge in [-0.2, -0.15) is 0 Å². The second kappa shape index (κ2) is 5.84. The Morgan fingerprint density at radius 2 is 1.90 bits per heavy atom. The highest BCUT2D eigenvalue weighted by Crippen LogP contribution is 2.33. The Bertz CT molecular complexity index is 749. The van der Waals surface area contributed by atoms with Crippen LogP contribution in [0.2, 0.25) is 0 Å². The fraction of sp³-hybridized carbons (Fsp3) is 0.176. The Morgan fingerprint density at radius 3 is 2.62 bits per heavy atom. The largest absolute Gasteiger partial charge is 0.494 e. The molecule has 0 fully saturated rings. The van der Waals surface area contributed by atoms with Crippen molar-refractivity contribution in [3.05, 3.63) is 64.8 Å². The summed E-state index contributed by atoms with van der Waals surface area (Å²) in [5.74, 6) is 0.522. The predicted octanol–water partition coefficient (Wildman–Crippen LogP) is 4.52. The first-order valence-electron chi connectivity index (χ1n) is 6.77. The second-order valence-corrected chi connectivity index (χ2v) is 5.85. The molecule has 3 rings (SSSR count). The minimum Gasteiger partial charge on any atom is -0.494 e. The van der Waals surface area contributed by atoms with E-state index in [1.165, 1.54) is 23.5 Å². The van der Waals surface area contributed by atoms with E-state index >= 15 is 0 Å². The monoisotopic (exact) mass is 302 g/mol. The van der Waals surface area contributed by atoms with Gasteiger partial charge in [-0.05, 0) is 54.3 Å². The lowest BCUT2D eigenvalue weighted by Crippen LogP contribution is -1.97. The van der Waals surface area contributed by atoms with Gasteiger partial charge >= 0.3 is 0 Å². The first-order chi connectivity index (χ1) is 10.2. The summed E-state index contributed by atoms with van der Waals surface area (Å²) in [6.45, 7) is 2.54. The molecule has 0 bridgehead atoms. The molecular weight excluding hydrogens is 287 g/mol. The molecule has 0 amide bonds. The van der Waals surface area contributed by atoms with Crippen LogP contribution >= 0.6 is 11.3 Å². The van der Waals surface area contributed by atoms with Gasteiger partial charge in [0.15, 0.2) is 0 Å². The van der Waals surface area contributed by atoms with Crippen molar-refractivity contribution >= 4 is 21.4 Å². The lowest BCUT2D eigenvalue weighted by atomic mass is 10.1. The van der Waals surface area contributed by atoms with Crippen molar-refractivity contribution in [1.29, 1.82) is 0 Å². The van der Waals surface area contributed by atoms with E-state index < -0.39 is 6.10 Å². The molecule has 1 aromatic heterocycles. The van der Waals surface area contributed by atoms with Crippen LogP contribution in [0.15, 0.2) is 48.5 Å². The molecule has 2 aromatic carbocycles. The third-order valence-electron chi connectivity index (χ3n) is 3.27. The van der Waals surface area contributed by atoms with Crippen LogP contribution in [-0.2, 0) is 0 Å². The van der Waals surface area contributed by atoms with Crippen LogP contribution in [0.1, 0.15) is 23.5 Å². The number of hydrogen-bond acceptors (Lipinski definition) is 3. The van der Waals surface area contributed by atoms with Crippen LogP contribution in [0.4, 0.5) is 4.39 Å². The number of rotatable bonds is 4. The number of hydrogen-bond donors (Lipinski definition) is 1. The Kier molecular flexibility index (Phi) is 3.90. The van der Waals surface area contributed by atoms with Crippen molar-refractivity contribution in [2.24, 2.45) is 0 Å². The zero-order valence-electron chi connectivity index (χ0n) is 11.5. The first-order valence-corrected chi connectivity index (χ1v) is 7.59. The normalized spacial score (nSPS) is 12.5. The topological polar surface area (TPSA) is 29.5 Å². The van der Waals surface area contributed by atoms with Gasteiger partial charge in [0.2, 0.25) is 0 Å². The third kappa shape index (κ3) is 2.91. The molecule has 0 saturated carbocycles. The van der Waals surface area contributed by atoms with E-state index in [1.807, 2.05) is 37.3 Å². The molecule has 0 aliphatic carbocycles. The molecule has 21 heavy (non-hydrogen) atoms. The van der Waals surface area contributed by atoms with Gasteiger partial charge in [0.1, 0.15) is 17.7 Å². The van der Waals surface area contributed by atoms with Crippen LogP contribution in [-0.4, -0.2) is 11.7 Å². The Morgan fingerprint density at radius 1 is 1.14 bits per heavy atom. The molecule has 1 atom stereocenters. The number of aliphatic hydroxyl groups excluding tert-OH is 1. The number of ether oxygens (including phenoxy) is 1. The summed E-state index contributed by atoms with van der Waals surface area (Å²) in [5.41, 5.74) is 0.797. The molecule has 0 spiro atoms. The summed E-state index contributed by atoms with van der Waals surface area (Å²) in [7, 11) is 0. The molecule has 4 heteroatoms. The van der Waals surface area contributed by atoms with Gasteiger partial charge in [-0.1, -0.05) is 12.1 Å². The Balaban J connectivity index is 1.90. The standard InChI is InChI=1S/C17H15FO2S/c1-2-20-14-6-3-11(4-7-14)17(19)16-10-12-9-13(18)5-8-15(12)21-16/h3-10,17,19H,2H2,1H3. The van der Waals surface area contributed by atoms with Crippen molar-refractivity contribution in [2.45, 2.75) is 13.0 Å². The van der Waals surface area contributed by atoms with Crippen LogP contribution in [0.5, 0.6) is 5.75 Å². The van der Waals surface area contributed by atoms with E-state index in [4.69, 9.17) is 4.74 Å². The minimum absolute atomic E-state index is 0.262. The van der Waals surface area contributed by atoms with Crippen LogP contribution in [0, 0.1) is 5.82 Å². The van der Waals surface area contributed by atoms with Gasteiger partial charge in [-0.25, -0.2) is 4.39 Å². The Hall–Kier alpha value is -1.91. The predicted molar refractivity (Wildman–Crippen MR) is 83.5 cm³/mol. The van der Waals surface area contributed by atoms with E-state index in [2.05, 4.69) is 0 Å². The van der Waals surface area contributed by atoms with E-state index in [9.17, 15) is 9.50 Å². The summed E-state index contributed by atoms with van der Waals surface area (Å²) in [6.07, 6.45) is -0.707. The maximum atomic E-state index is 13.2. The van der Waals surface area contributed by atoms with Gasteiger partial charge in [-0.3, -0.25) is 0 Å². The van der Waals surface area contributed by atoms with E-state index in [0.717, 1.165) is 26.3 Å². The molecule has 1 heterocycles. The molecular formula is C17H15FO2S. The SMILES string of the molecule is CCOc1ccc(C(O)c2cc3cc(F)ccc3s2)cc1. The van der Waals surface area contributed by atoms with Crippen LogP contribution < -0.4 is 4.74 Å². The van der Waals surface area contributed by atoms with Crippen LogP contribution in [0.25, 0.3) is 10.1 Å². The lowest BCUT2D eigenvalue weighted by molar-refractivity contribution is 0.224. The summed E-state index contributed by atoms with van der Waals surface area (Å²) in [6, 6.07) is 13.9. The van der Waals surface area contributed by atoms with Crippen molar-refractivity contribution < 1.29 is 14.2 Å². The highest BCUT2D eigenvalue weighted by molar-refractivity contribution is 7.19. The van der Waals surface area contributed by atoms with Gasteiger partial charge < -0.3 is 9.84 Å². The number of fused-ring (bicyclic) bond motifs is 1. The number of thiophene rings is 1. The molecule has 0 aliphatic rings. The summed E-state index contributed by atoms with van der Waals surface area (Å²) in [4.78, 5) is 0.805. The number of aliphatic hydroxyl groups is 1.